The third-order valence-electron chi connectivity index (χ3n) is 1.77. The maximum atomic E-state index is 11.0. The van der Waals surface area contributed by atoms with Crippen molar-refractivity contribution in [2.45, 2.75) is 25.9 Å². The molecule has 13 heavy (non-hydrogen) atoms. The molecule has 1 heterocycles. The van der Waals surface area contributed by atoms with Crippen molar-refractivity contribution >= 4 is 21.9 Å². The standard InChI is InChI=1S/C9H13BrO3/c1-2-12-9(11)5-7-3-4-8(6-10)13-7/h5,8H,2-4,6H2,1H3/b7-5-. The Kier molecular flexibility index (Phi) is 4.28. The van der Waals surface area contributed by atoms with E-state index >= 15 is 0 Å². The molecule has 1 aliphatic heterocycles. The molecule has 1 fully saturated rings. The van der Waals surface area contributed by atoms with Crippen molar-refractivity contribution < 1.29 is 14.3 Å². The van der Waals surface area contributed by atoms with Gasteiger partial charge in [0.25, 0.3) is 0 Å². The number of ether oxygens (including phenoxy) is 2. The van der Waals surface area contributed by atoms with Gasteiger partial charge >= 0.3 is 5.97 Å². The van der Waals surface area contributed by atoms with Gasteiger partial charge in [-0.05, 0) is 13.3 Å². The largest absolute Gasteiger partial charge is 0.494 e. The zero-order valence-electron chi connectivity index (χ0n) is 7.59. The highest BCUT2D eigenvalue weighted by Gasteiger charge is 2.20. The Morgan fingerprint density at radius 3 is 3.15 bits per heavy atom. The Hall–Kier alpha value is -0.510. The number of halogens is 1. The summed E-state index contributed by atoms with van der Waals surface area (Å²) in [7, 11) is 0. The van der Waals surface area contributed by atoms with Crippen LogP contribution >= 0.6 is 15.9 Å². The Labute approximate surface area is 86.2 Å². The second kappa shape index (κ2) is 5.27. The van der Waals surface area contributed by atoms with Crippen molar-refractivity contribution in [3.05, 3.63) is 11.8 Å². The molecule has 0 aliphatic carbocycles. The summed E-state index contributed by atoms with van der Waals surface area (Å²) in [4.78, 5) is 11.0. The number of alkyl halides is 1. The van der Waals surface area contributed by atoms with Crippen LogP contribution in [0.1, 0.15) is 19.8 Å². The third kappa shape index (κ3) is 3.38. The van der Waals surface area contributed by atoms with E-state index in [1.165, 1.54) is 6.08 Å². The highest BCUT2D eigenvalue weighted by Crippen LogP contribution is 2.23. The highest BCUT2D eigenvalue weighted by atomic mass is 79.9. The summed E-state index contributed by atoms with van der Waals surface area (Å²) in [6, 6.07) is 0. The van der Waals surface area contributed by atoms with E-state index in [2.05, 4.69) is 15.9 Å². The van der Waals surface area contributed by atoms with Gasteiger partial charge in [0.2, 0.25) is 0 Å². The van der Waals surface area contributed by atoms with Gasteiger partial charge in [0.05, 0.1) is 12.7 Å². The van der Waals surface area contributed by atoms with Gasteiger partial charge in [0.1, 0.15) is 11.9 Å². The molecular formula is C9H13BrO3. The molecule has 1 saturated heterocycles. The molecule has 0 bridgehead atoms. The molecule has 3 nitrogen and oxygen atoms in total. The minimum atomic E-state index is -0.312. The van der Waals surface area contributed by atoms with E-state index in [9.17, 15) is 4.79 Å². The quantitative estimate of drug-likeness (QED) is 0.436. The molecule has 0 aromatic carbocycles. The number of carbonyl (C=O) groups excluding carboxylic acids is 1. The number of allylic oxidation sites excluding steroid dienone is 1. The van der Waals surface area contributed by atoms with Gasteiger partial charge in [0, 0.05) is 11.8 Å². The number of hydrogen-bond donors (Lipinski definition) is 0. The third-order valence-corrected chi connectivity index (χ3v) is 2.49. The first-order valence-electron chi connectivity index (χ1n) is 4.36. The van der Waals surface area contributed by atoms with E-state index in [0.29, 0.717) is 6.61 Å². The summed E-state index contributed by atoms with van der Waals surface area (Å²) in [5, 5.41) is 0.813. The molecule has 1 atom stereocenters. The van der Waals surface area contributed by atoms with Crippen molar-refractivity contribution in [3.63, 3.8) is 0 Å². The van der Waals surface area contributed by atoms with Gasteiger partial charge in [-0.1, -0.05) is 15.9 Å². The molecule has 0 amide bonds. The van der Waals surface area contributed by atoms with E-state index in [1.807, 2.05) is 0 Å². The Morgan fingerprint density at radius 1 is 1.85 bits per heavy atom. The molecule has 1 rings (SSSR count). The molecule has 4 heteroatoms. The number of esters is 1. The average molecular weight is 249 g/mol. The van der Waals surface area contributed by atoms with Crippen LogP contribution in [0.15, 0.2) is 11.8 Å². The lowest BCUT2D eigenvalue weighted by Crippen LogP contribution is -2.05. The topological polar surface area (TPSA) is 35.5 Å². The van der Waals surface area contributed by atoms with Gasteiger partial charge in [-0.25, -0.2) is 4.79 Å². The monoisotopic (exact) mass is 248 g/mol. The van der Waals surface area contributed by atoms with Crippen LogP contribution in [0.25, 0.3) is 0 Å². The van der Waals surface area contributed by atoms with Gasteiger partial charge in [-0.2, -0.15) is 0 Å². The summed E-state index contributed by atoms with van der Waals surface area (Å²) in [6.07, 6.45) is 3.44. The minimum absolute atomic E-state index is 0.209. The van der Waals surface area contributed by atoms with Crippen LogP contribution in [0.5, 0.6) is 0 Å². The van der Waals surface area contributed by atoms with Crippen LogP contribution in [-0.4, -0.2) is 24.0 Å². The summed E-state index contributed by atoms with van der Waals surface area (Å²) >= 11 is 3.33. The Morgan fingerprint density at radius 2 is 2.62 bits per heavy atom. The predicted octanol–water partition coefficient (Wildman–Crippen LogP) is 2.01. The van der Waals surface area contributed by atoms with E-state index in [1.54, 1.807) is 6.92 Å². The smallest absolute Gasteiger partial charge is 0.334 e. The maximum Gasteiger partial charge on any atom is 0.334 e. The van der Waals surface area contributed by atoms with Crippen molar-refractivity contribution in [2.75, 3.05) is 11.9 Å². The molecule has 74 valence electrons. The first kappa shape index (κ1) is 10.6. The van der Waals surface area contributed by atoms with Crippen molar-refractivity contribution in [1.82, 2.24) is 0 Å². The Balaban J connectivity index is 2.40. The summed E-state index contributed by atoms with van der Waals surface area (Å²) in [6.45, 7) is 2.19. The van der Waals surface area contributed by atoms with Crippen LogP contribution < -0.4 is 0 Å². The highest BCUT2D eigenvalue weighted by molar-refractivity contribution is 9.09. The fourth-order valence-corrected chi connectivity index (χ4v) is 1.62. The first-order valence-corrected chi connectivity index (χ1v) is 5.48. The van der Waals surface area contributed by atoms with Gasteiger partial charge in [-0.3, -0.25) is 0 Å². The SMILES string of the molecule is CCOC(=O)/C=C1/CCC(CBr)O1. The van der Waals surface area contributed by atoms with Gasteiger partial charge in [0.15, 0.2) is 0 Å². The molecule has 0 aromatic heterocycles. The summed E-state index contributed by atoms with van der Waals surface area (Å²) in [5.41, 5.74) is 0. The molecule has 0 radical (unpaired) electrons. The van der Waals surface area contributed by atoms with E-state index in [4.69, 9.17) is 9.47 Å². The first-order chi connectivity index (χ1) is 6.26. The molecule has 0 N–H and O–H groups in total. The van der Waals surface area contributed by atoms with Crippen molar-refractivity contribution in [2.24, 2.45) is 0 Å². The fraction of sp³-hybridized carbons (Fsp3) is 0.667. The fourth-order valence-electron chi connectivity index (χ4n) is 1.17. The molecule has 0 aromatic rings. The van der Waals surface area contributed by atoms with Gasteiger partial charge < -0.3 is 9.47 Å². The minimum Gasteiger partial charge on any atom is -0.494 e. The van der Waals surface area contributed by atoms with E-state index < -0.39 is 0 Å². The molecular weight excluding hydrogens is 236 g/mol. The lowest BCUT2D eigenvalue weighted by atomic mass is 10.2. The molecule has 0 spiro atoms. The van der Waals surface area contributed by atoms with Crippen LogP contribution in [0.4, 0.5) is 0 Å². The summed E-state index contributed by atoms with van der Waals surface area (Å²) in [5.74, 6) is 0.427. The van der Waals surface area contributed by atoms with Crippen LogP contribution in [-0.2, 0) is 14.3 Å². The zero-order valence-corrected chi connectivity index (χ0v) is 9.17. The predicted molar refractivity (Wildman–Crippen MR) is 52.6 cm³/mol. The Bertz CT molecular complexity index is 213. The van der Waals surface area contributed by atoms with Crippen molar-refractivity contribution in [3.8, 4) is 0 Å². The average Bonchev–Trinajstić information content (AvgIpc) is 2.52. The zero-order chi connectivity index (χ0) is 9.68. The van der Waals surface area contributed by atoms with E-state index in [-0.39, 0.29) is 12.1 Å². The van der Waals surface area contributed by atoms with E-state index in [0.717, 1.165) is 23.9 Å². The second-order valence-electron chi connectivity index (χ2n) is 2.80. The maximum absolute atomic E-state index is 11.0. The summed E-state index contributed by atoms with van der Waals surface area (Å²) < 4.78 is 10.2. The molecule has 1 aliphatic rings. The second-order valence-corrected chi connectivity index (χ2v) is 3.44. The number of carbonyl (C=O) groups is 1. The van der Waals surface area contributed by atoms with Crippen LogP contribution in [0.3, 0.4) is 0 Å². The van der Waals surface area contributed by atoms with Crippen molar-refractivity contribution in [1.29, 1.82) is 0 Å². The number of rotatable bonds is 3. The molecule has 0 saturated carbocycles. The normalized spacial score (nSPS) is 24.5. The number of hydrogen-bond acceptors (Lipinski definition) is 3. The lowest BCUT2D eigenvalue weighted by molar-refractivity contribution is -0.137. The van der Waals surface area contributed by atoms with Gasteiger partial charge in [-0.15, -0.1) is 0 Å². The lowest BCUT2D eigenvalue weighted by Gasteiger charge is -2.05. The molecule has 1 unspecified atom stereocenters. The van der Waals surface area contributed by atoms with Crippen LogP contribution in [0, 0.1) is 0 Å². The van der Waals surface area contributed by atoms with Crippen LogP contribution in [0.2, 0.25) is 0 Å².